The van der Waals surface area contributed by atoms with E-state index in [1.54, 1.807) is 12.1 Å². The number of carbonyl (C=O) groups is 2. The zero-order valence-corrected chi connectivity index (χ0v) is 18.8. The number of aryl methyl sites for hydroxylation is 1. The number of primary amides is 1. The third-order valence-corrected chi connectivity index (χ3v) is 6.73. The van der Waals surface area contributed by atoms with E-state index in [0.717, 1.165) is 11.1 Å². The van der Waals surface area contributed by atoms with E-state index in [0.29, 0.717) is 12.1 Å². The number of nitrogens with one attached hydrogen (secondary N) is 2. The summed E-state index contributed by atoms with van der Waals surface area (Å²) in [5, 5.41) is 6.25. The number of halogens is 2. The van der Waals surface area contributed by atoms with Crippen molar-refractivity contribution in [3.05, 3.63) is 63.9 Å². The molecule has 164 valence electrons. The van der Waals surface area contributed by atoms with E-state index in [9.17, 15) is 9.59 Å². The number of carbonyl (C=O) groups excluding carboxylic acids is 2. The van der Waals surface area contributed by atoms with Crippen LogP contribution in [0.3, 0.4) is 0 Å². The van der Waals surface area contributed by atoms with Gasteiger partial charge in [-0.25, -0.2) is 4.39 Å². The maximum atomic E-state index is 15.3. The molecule has 4 N–H and O–H groups in total. The molecule has 0 saturated carbocycles. The molecule has 2 amide bonds. The number of rotatable bonds is 3. The number of nitrogens with two attached hydrogens (primary N) is 1. The molecule has 31 heavy (non-hydrogen) atoms. The maximum absolute atomic E-state index is 15.3. The van der Waals surface area contributed by atoms with Crippen molar-refractivity contribution in [3.8, 4) is 0 Å². The van der Waals surface area contributed by atoms with E-state index in [2.05, 4.69) is 31.4 Å². The first-order valence-corrected chi connectivity index (χ1v) is 10.8. The Morgan fingerprint density at radius 3 is 2.61 bits per heavy atom. The Kier molecular flexibility index (Phi) is 5.14. The number of benzene rings is 2. The lowest BCUT2D eigenvalue weighted by molar-refractivity contribution is -0.122. The van der Waals surface area contributed by atoms with Gasteiger partial charge in [-0.05, 0) is 47.6 Å². The molecule has 0 aromatic heterocycles. The van der Waals surface area contributed by atoms with Gasteiger partial charge in [0.05, 0.1) is 11.1 Å². The van der Waals surface area contributed by atoms with Crippen LogP contribution in [0.25, 0.3) is 0 Å². The topological polar surface area (TPSA) is 84.2 Å². The van der Waals surface area contributed by atoms with Gasteiger partial charge >= 0.3 is 0 Å². The van der Waals surface area contributed by atoms with Crippen molar-refractivity contribution in [3.63, 3.8) is 0 Å². The van der Waals surface area contributed by atoms with Gasteiger partial charge < -0.3 is 16.4 Å². The summed E-state index contributed by atoms with van der Waals surface area (Å²) in [6.45, 7) is 8.14. The van der Waals surface area contributed by atoms with Gasteiger partial charge in [0, 0.05) is 17.6 Å². The summed E-state index contributed by atoms with van der Waals surface area (Å²) in [5.41, 5.74) is 7.06. The lowest BCUT2D eigenvalue weighted by Gasteiger charge is -2.37. The molecule has 1 fully saturated rings. The van der Waals surface area contributed by atoms with Crippen LogP contribution in [-0.2, 0) is 15.0 Å². The van der Waals surface area contributed by atoms with Crippen molar-refractivity contribution in [2.75, 3.05) is 5.32 Å². The minimum absolute atomic E-state index is 0.0577. The largest absolute Gasteiger partial charge is 0.368 e. The lowest BCUT2D eigenvalue weighted by atomic mass is 9.62. The minimum Gasteiger partial charge on any atom is -0.368 e. The summed E-state index contributed by atoms with van der Waals surface area (Å²) in [4.78, 5) is 26.3. The van der Waals surface area contributed by atoms with E-state index in [1.165, 1.54) is 6.07 Å². The van der Waals surface area contributed by atoms with Crippen molar-refractivity contribution in [2.45, 2.75) is 57.5 Å². The van der Waals surface area contributed by atoms with Crippen molar-refractivity contribution in [1.82, 2.24) is 5.32 Å². The molecule has 1 unspecified atom stereocenters. The van der Waals surface area contributed by atoms with Crippen LogP contribution < -0.4 is 16.4 Å². The smallest absolute Gasteiger partial charge is 0.237 e. The lowest BCUT2D eigenvalue weighted by Crippen LogP contribution is -2.49. The van der Waals surface area contributed by atoms with Crippen LogP contribution >= 0.6 is 11.6 Å². The molecule has 5 nitrogen and oxygen atoms in total. The number of fused-ring (bicyclic) bond motifs is 2. The second-order valence-electron chi connectivity index (χ2n) is 9.86. The first-order valence-electron chi connectivity index (χ1n) is 10.4. The fourth-order valence-corrected chi connectivity index (χ4v) is 5.50. The predicted molar refractivity (Wildman–Crippen MR) is 120 cm³/mol. The standard InChI is InChI=1S/C24H27ClFN3O2/c1-12-8-9-14-16(10-12)28-22(31)24(14)17(11-23(2,3)4)29-20(21(27)30)18(24)13-6-5-7-15(25)19(13)26/h5-10,17-18,20,29H,11H2,1-4H3,(H2,27,30)(H,28,31)/t17-,18?,20-,24-/m1/s1. The van der Waals surface area contributed by atoms with Crippen LogP contribution in [0, 0.1) is 18.2 Å². The molecule has 2 aliphatic heterocycles. The molecule has 2 aromatic carbocycles. The fourth-order valence-electron chi connectivity index (χ4n) is 5.31. The zero-order valence-electron chi connectivity index (χ0n) is 18.1. The number of amides is 2. The second-order valence-corrected chi connectivity index (χ2v) is 10.3. The third kappa shape index (κ3) is 3.33. The predicted octanol–water partition coefficient (Wildman–Crippen LogP) is 4.02. The summed E-state index contributed by atoms with van der Waals surface area (Å²) in [7, 11) is 0. The van der Waals surface area contributed by atoms with Crippen LogP contribution in [0.15, 0.2) is 36.4 Å². The van der Waals surface area contributed by atoms with Crippen LogP contribution in [0.5, 0.6) is 0 Å². The first-order chi connectivity index (χ1) is 14.5. The van der Waals surface area contributed by atoms with Gasteiger partial charge in [0.2, 0.25) is 11.8 Å². The van der Waals surface area contributed by atoms with Gasteiger partial charge in [0.25, 0.3) is 0 Å². The monoisotopic (exact) mass is 443 g/mol. The molecular weight excluding hydrogens is 417 g/mol. The van der Waals surface area contributed by atoms with Crippen LogP contribution in [0.1, 0.15) is 49.8 Å². The van der Waals surface area contributed by atoms with Gasteiger partial charge in [-0.2, -0.15) is 0 Å². The molecule has 2 aromatic rings. The first kappa shape index (κ1) is 21.8. The Morgan fingerprint density at radius 1 is 1.26 bits per heavy atom. The average molecular weight is 444 g/mol. The molecule has 0 bridgehead atoms. The molecule has 4 rings (SSSR count). The Labute approximate surface area is 186 Å². The van der Waals surface area contributed by atoms with E-state index < -0.39 is 35.1 Å². The Hall–Kier alpha value is -2.44. The highest BCUT2D eigenvalue weighted by Gasteiger charge is 2.65. The van der Waals surface area contributed by atoms with Crippen molar-refractivity contribution >= 4 is 29.1 Å². The Bertz CT molecular complexity index is 1080. The van der Waals surface area contributed by atoms with Gasteiger partial charge in [-0.3, -0.25) is 9.59 Å². The van der Waals surface area contributed by atoms with Gasteiger partial charge in [0.15, 0.2) is 0 Å². The summed E-state index contributed by atoms with van der Waals surface area (Å²) >= 11 is 6.10. The summed E-state index contributed by atoms with van der Waals surface area (Å²) in [6, 6.07) is 9.04. The Balaban J connectivity index is 2.04. The van der Waals surface area contributed by atoms with Crippen LogP contribution in [-0.4, -0.2) is 23.9 Å². The maximum Gasteiger partial charge on any atom is 0.237 e. The summed E-state index contributed by atoms with van der Waals surface area (Å²) < 4.78 is 15.3. The Morgan fingerprint density at radius 2 is 1.97 bits per heavy atom. The third-order valence-electron chi connectivity index (χ3n) is 6.44. The fraction of sp³-hybridized carbons (Fsp3) is 0.417. The van der Waals surface area contributed by atoms with Crippen LogP contribution in [0.2, 0.25) is 5.02 Å². The molecule has 2 aliphatic rings. The number of hydrogen-bond acceptors (Lipinski definition) is 3. The highest BCUT2D eigenvalue weighted by Crippen LogP contribution is 2.56. The second kappa shape index (κ2) is 7.31. The molecule has 1 spiro atoms. The SMILES string of the molecule is Cc1ccc2c(c1)NC(=O)[C@]21C(c2cccc(Cl)c2F)[C@H](C(N)=O)N[C@@H]1CC(C)(C)C. The molecule has 1 saturated heterocycles. The van der Waals surface area contributed by atoms with E-state index in [4.69, 9.17) is 17.3 Å². The molecule has 4 atom stereocenters. The van der Waals surface area contributed by atoms with Crippen molar-refractivity contribution < 1.29 is 14.0 Å². The van der Waals surface area contributed by atoms with E-state index in [1.807, 2.05) is 25.1 Å². The van der Waals surface area contributed by atoms with Gasteiger partial charge in [-0.15, -0.1) is 0 Å². The highest BCUT2D eigenvalue weighted by molar-refractivity contribution is 6.30. The van der Waals surface area contributed by atoms with E-state index in [-0.39, 0.29) is 21.9 Å². The molecular formula is C24H27ClFN3O2. The van der Waals surface area contributed by atoms with E-state index >= 15 is 4.39 Å². The molecule has 2 heterocycles. The molecule has 0 radical (unpaired) electrons. The molecule has 0 aliphatic carbocycles. The minimum atomic E-state index is -1.21. The number of anilines is 1. The van der Waals surface area contributed by atoms with Crippen molar-refractivity contribution in [2.24, 2.45) is 11.1 Å². The average Bonchev–Trinajstić information content (AvgIpc) is 3.12. The highest BCUT2D eigenvalue weighted by atomic mass is 35.5. The summed E-state index contributed by atoms with van der Waals surface area (Å²) in [6.07, 6.45) is 0.580. The zero-order chi connectivity index (χ0) is 22.7. The molecule has 7 heteroatoms. The van der Waals surface area contributed by atoms with Crippen LogP contribution in [0.4, 0.5) is 10.1 Å². The number of hydrogen-bond donors (Lipinski definition) is 3. The quantitative estimate of drug-likeness (QED) is 0.669. The van der Waals surface area contributed by atoms with Gasteiger partial charge in [-0.1, -0.05) is 56.6 Å². The van der Waals surface area contributed by atoms with Crippen molar-refractivity contribution in [1.29, 1.82) is 0 Å². The van der Waals surface area contributed by atoms with Gasteiger partial charge in [0.1, 0.15) is 11.2 Å². The summed E-state index contributed by atoms with van der Waals surface area (Å²) in [5.74, 6) is -2.37. The normalized spacial score (nSPS) is 27.4.